The van der Waals surface area contributed by atoms with Crippen LogP contribution in [0, 0.1) is 17.3 Å². The van der Waals surface area contributed by atoms with Gasteiger partial charge in [-0.05, 0) is 42.9 Å². The third-order valence-corrected chi connectivity index (χ3v) is 5.10. The van der Waals surface area contributed by atoms with Crippen LogP contribution in [-0.2, 0) is 23.9 Å². The number of alkyl carbamates (subject to hydrolysis) is 1. The first-order valence-corrected chi connectivity index (χ1v) is 12.1. The molecule has 0 aliphatic carbocycles. The Bertz CT molecular complexity index is 744. The second kappa shape index (κ2) is 13.3. The van der Waals surface area contributed by atoms with Crippen LogP contribution in [0.5, 0.6) is 0 Å². The smallest absolute Gasteiger partial charge is 0.407 e. The highest BCUT2D eigenvalue weighted by molar-refractivity contribution is 6.38. The standard InChI is InChI=1S/C24H42N4O6/c1-14(2)11-17(20(30)26-16-9-8-10-25-22(32)19(16)29)27-21(31)18(12-15(3)4)28-23(33)34-13-24(5,6)7/h14-18H,8-13H2,1-7H3,(H,25,32)(H,26,30)(H,27,31)(H,28,33). The predicted octanol–water partition coefficient (Wildman–Crippen LogP) is 1.67. The zero-order valence-corrected chi connectivity index (χ0v) is 21.6. The second-order valence-corrected chi connectivity index (χ2v) is 11.0. The molecule has 0 bridgehead atoms. The number of nitrogens with one attached hydrogen (secondary N) is 4. The maximum Gasteiger partial charge on any atom is 0.407 e. The zero-order chi connectivity index (χ0) is 26.1. The van der Waals surface area contributed by atoms with Crippen LogP contribution in [-0.4, -0.2) is 60.9 Å². The van der Waals surface area contributed by atoms with Crippen LogP contribution >= 0.6 is 0 Å². The molecule has 1 saturated heterocycles. The number of amides is 4. The van der Waals surface area contributed by atoms with Crippen LogP contribution in [0.15, 0.2) is 0 Å². The van der Waals surface area contributed by atoms with Gasteiger partial charge in [0.05, 0.1) is 12.6 Å². The second-order valence-electron chi connectivity index (χ2n) is 11.0. The van der Waals surface area contributed by atoms with E-state index in [1.807, 2.05) is 48.5 Å². The van der Waals surface area contributed by atoms with Crippen molar-refractivity contribution in [1.82, 2.24) is 21.3 Å². The Labute approximate surface area is 202 Å². The number of carbonyl (C=O) groups excluding carboxylic acids is 5. The normalized spacial score (nSPS) is 18.6. The van der Waals surface area contributed by atoms with Gasteiger partial charge in [0.15, 0.2) is 0 Å². The van der Waals surface area contributed by atoms with E-state index in [-0.39, 0.29) is 23.9 Å². The van der Waals surface area contributed by atoms with Gasteiger partial charge in [-0.3, -0.25) is 19.2 Å². The summed E-state index contributed by atoms with van der Waals surface area (Å²) in [5.74, 6) is -2.29. The minimum absolute atomic E-state index is 0.0671. The fraction of sp³-hybridized carbons (Fsp3) is 0.792. The van der Waals surface area contributed by atoms with Gasteiger partial charge >= 0.3 is 6.09 Å². The first-order chi connectivity index (χ1) is 15.7. The quantitative estimate of drug-likeness (QED) is 0.349. The largest absolute Gasteiger partial charge is 0.449 e. The first-order valence-electron chi connectivity index (χ1n) is 12.1. The minimum atomic E-state index is -0.932. The fourth-order valence-corrected chi connectivity index (χ4v) is 3.44. The molecule has 194 valence electrons. The van der Waals surface area contributed by atoms with E-state index in [0.717, 1.165) is 0 Å². The number of carbonyl (C=O) groups is 5. The fourth-order valence-electron chi connectivity index (χ4n) is 3.44. The highest BCUT2D eigenvalue weighted by atomic mass is 16.5. The molecule has 1 rings (SSSR count). The van der Waals surface area contributed by atoms with Crippen LogP contribution in [0.3, 0.4) is 0 Å². The van der Waals surface area contributed by atoms with E-state index in [0.29, 0.717) is 32.2 Å². The lowest BCUT2D eigenvalue weighted by atomic mass is 9.99. The molecule has 0 spiro atoms. The summed E-state index contributed by atoms with van der Waals surface area (Å²) >= 11 is 0. The van der Waals surface area contributed by atoms with E-state index in [4.69, 9.17) is 4.74 Å². The van der Waals surface area contributed by atoms with Crippen molar-refractivity contribution in [3.05, 3.63) is 0 Å². The Morgan fingerprint density at radius 3 is 2.06 bits per heavy atom. The summed E-state index contributed by atoms with van der Waals surface area (Å²) in [4.78, 5) is 62.4. The van der Waals surface area contributed by atoms with Gasteiger partial charge < -0.3 is 26.0 Å². The molecule has 3 unspecified atom stereocenters. The minimum Gasteiger partial charge on any atom is -0.449 e. The number of hydrogen-bond acceptors (Lipinski definition) is 6. The number of ether oxygens (including phenoxy) is 1. The van der Waals surface area contributed by atoms with Crippen LogP contribution in [0.1, 0.15) is 74.1 Å². The molecule has 0 aromatic rings. The summed E-state index contributed by atoms with van der Waals surface area (Å²) in [5, 5.41) is 10.5. The van der Waals surface area contributed by atoms with Crippen molar-refractivity contribution in [2.45, 2.75) is 92.3 Å². The summed E-state index contributed by atoms with van der Waals surface area (Å²) < 4.78 is 5.24. The molecule has 10 nitrogen and oxygen atoms in total. The van der Waals surface area contributed by atoms with Gasteiger partial charge in [-0.2, -0.15) is 0 Å². The lowest BCUT2D eigenvalue weighted by molar-refractivity contribution is -0.140. The Balaban J connectivity index is 2.91. The predicted molar refractivity (Wildman–Crippen MR) is 128 cm³/mol. The molecule has 0 radical (unpaired) electrons. The van der Waals surface area contributed by atoms with Crippen molar-refractivity contribution in [2.75, 3.05) is 13.2 Å². The molecule has 34 heavy (non-hydrogen) atoms. The lowest BCUT2D eigenvalue weighted by Gasteiger charge is -2.26. The maximum atomic E-state index is 13.1. The van der Waals surface area contributed by atoms with Gasteiger partial charge in [-0.1, -0.05) is 48.5 Å². The monoisotopic (exact) mass is 482 g/mol. The Kier molecular flexibility index (Phi) is 11.5. The van der Waals surface area contributed by atoms with E-state index in [1.54, 1.807) is 0 Å². The van der Waals surface area contributed by atoms with E-state index in [2.05, 4.69) is 21.3 Å². The molecule has 0 saturated carbocycles. The van der Waals surface area contributed by atoms with E-state index in [1.165, 1.54) is 0 Å². The molecule has 0 aromatic heterocycles. The third-order valence-electron chi connectivity index (χ3n) is 5.10. The van der Waals surface area contributed by atoms with Crippen molar-refractivity contribution in [3.63, 3.8) is 0 Å². The molecule has 1 aliphatic heterocycles. The Morgan fingerprint density at radius 1 is 0.971 bits per heavy atom. The number of ketones is 1. The van der Waals surface area contributed by atoms with Crippen molar-refractivity contribution in [3.8, 4) is 0 Å². The first kappa shape index (κ1) is 29.4. The Morgan fingerprint density at radius 2 is 1.53 bits per heavy atom. The van der Waals surface area contributed by atoms with Crippen molar-refractivity contribution in [1.29, 1.82) is 0 Å². The van der Waals surface area contributed by atoms with Gasteiger partial charge in [0, 0.05) is 6.54 Å². The van der Waals surface area contributed by atoms with Crippen molar-refractivity contribution >= 4 is 29.6 Å². The number of hydrogen-bond donors (Lipinski definition) is 4. The van der Waals surface area contributed by atoms with Crippen LogP contribution in [0.4, 0.5) is 4.79 Å². The molecule has 4 amide bonds. The molecular weight excluding hydrogens is 440 g/mol. The van der Waals surface area contributed by atoms with Crippen LogP contribution in [0.25, 0.3) is 0 Å². The summed E-state index contributed by atoms with van der Waals surface area (Å²) in [6.07, 6.45) is 0.876. The molecule has 10 heteroatoms. The molecule has 3 atom stereocenters. The van der Waals surface area contributed by atoms with Gasteiger partial charge in [-0.25, -0.2) is 4.79 Å². The average Bonchev–Trinajstić information content (AvgIpc) is 2.85. The highest BCUT2D eigenvalue weighted by Gasteiger charge is 2.33. The Hall–Kier alpha value is -2.65. The lowest BCUT2D eigenvalue weighted by Crippen LogP contribution is -2.56. The number of Topliss-reactive ketones (excluding diaryl/α,β-unsaturated/α-hetero) is 1. The van der Waals surface area contributed by atoms with E-state index in [9.17, 15) is 24.0 Å². The molecule has 1 aliphatic rings. The summed E-state index contributed by atoms with van der Waals surface area (Å²) in [6, 6.07) is -2.74. The summed E-state index contributed by atoms with van der Waals surface area (Å²) in [5.41, 5.74) is -0.222. The third kappa shape index (κ3) is 11.0. The summed E-state index contributed by atoms with van der Waals surface area (Å²) in [7, 11) is 0. The van der Waals surface area contributed by atoms with E-state index >= 15 is 0 Å². The number of rotatable bonds is 10. The SMILES string of the molecule is CC(C)CC(NC(=O)OCC(C)(C)C)C(=O)NC(CC(C)C)C(=O)NC1CCCNC(=O)C1=O. The molecule has 4 N–H and O–H groups in total. The van der Waals surface area contributed by atoms with Gasteiger partial charge in [0.25, 0.3) is 5.91 Å². The molecule has 1 fully saturated rings. The van der Waals surface area contributed by atoms with Gasteiger partial charge in [0.1, 0.15) is 12.1 Å². The summed E-state index contributed by atoms with van der Waals surface area (Å²) in [6.45, 7) is 14.0. The topological polar surface area (TPSA) is 143 Å². The van der Waals surface area contributed by atoms with Crippen LogP contribution in [0.2, 0.25) is 0 Å². The molecule has 1 heterocycles. The van der Waals surface area contributed by atoms with Crippen molar-refractivity contribution in [2.24, 2.45) is 17.3 Å². The van der Waals surface area contributed by atoms with E-state index < -0.39 is 47.7 Å². The van der Waals surface area contributed by atoms with Crippen molar-refractivity contribution < 1.29 is 28.7 Å². The highest BCUT2D eigenvalue weighted by Crippen LogP contribution is 2.14. The molecular formula is C24H42N4O6. The maximum absolute atomic E-state index is 13.1. The van der Waals surface area contributed by atoms with Gasteiger partial charge in [-0.15, -0.1) is 0 Å². The van der Waals surface area contributed by atoms with Gasteiger partial charge in [0.2, 0.25) is 17.6 Å². The average molecular weight is 483 g/mol. The zero-order valence-electron chi connectivity index (χ0n) is 21.6. The van der Waals surface area contributed by atoms with Crippen LogP contribution < -0.4 is 21.3 Å². The molecule has 0 aromatic carbocycles.